The second-order valence-corrected chi connectivity index (χ2v) is 6.89. The van der Waals surface area contributed by atoms with Gasteiger partial charge in [0.05, 0.1) is 5.75 Å². The Labute approximate surface area is 147 Å². The van der Waals surface area contributed by atoms with E-state index in [0.29, 0.717) is 36.0 Å². The van der Waals surface area contributed by atoms with Gasteiger partial charge in [0.2, 0.25) is 5.91 Å². The molecule has 0 aliphatic carbocycles. The third-order valence-electron chi connectivity index (χ3n) is 4.18. The molecule has 0 spiro atoms. The molecular formula is C18H15F2NO3S. The number of ether oxygens (including phenoxy) is 2. The SMILES string of the molecule is O=C1CSC(c2ccc3c(c2)OCCO3)N1Cc1ccc(F)cc1F. The maximum absolute atomic E-state index is 14.0. The van der Waals surface area contributed by atoms with Crippen molar-refractivity contribution in [1.82, 2.24) is 4.90 Å². The third-order valence-corrected chi connectivity index (χ3v) is 5.43. The molecule has 0 aromatic heterocycles. The molecule has 0 N–H and O–H groups in total. The van der Waals surface area contributed by atoms with Crippen LogP contribution in [0.2, 0.25) is 0 Å². The number of thioether (sulfide) groups is 1. The van der Waals surface area contributed by atoms with Crippen LogP contribution in [0.1, 0.15) is 16.5 Å². The van der Waals surface area contributed by atoms with Crippen LogP contribution in [0, 0.1) is 11.6 Å². The second kappa shape index (κ2) is 6.55. The van der Waals surface area contributed by atoms with E-state index in [9.17, 15) is 13.6 Å². The number of carbonyl (C=O) groups excluding carboxylic acids is 1. The largest absolute Gasteiger partial charge is 0.486 e. The summed E-state index contributed by atoms with van der Waals surface area (Å²) in [4.78, 5) is 13.9. The highest BCUT2D eigenvalue weighted by Crippen LogP contribution is 2.42. The number of benzene rings is 2. The zero-order valence-corrected chi connectivity index (χ0v) is 14.0. The first-order valence-corrected chi connectivity index (χ1v) is 8.91. The number of hydrogen-bond donors (Lipinski definition) is 0. The fourth-order valence-corrected chi connectivity index (χ4v) is 4.13. The number of hydrogen-bond acceptors (Lipinski definition) is 4. The zero-order valence-electron chi connectivity index (χ0n) is 13.2. The molecule has 1 amide bonds. The number of carbonyl (C=O) groups is 1. The van der Waals surface area contributed by atoms with Crippen LogP contribution in [-0.4, -0.2) is 29.8 Å². The molecule has 7 heteroatoms. The minimum atomic E-state index is -0.648. The molecule has 1 atom stereocenters. The lowest BCUT2D eigenvalue weighted by Gasteiger charge is -2.26. The molecule has 0 saturated carbocycles. The van der Waals surface area contributed by atoms with E-state index in [0.717, 1.165) is 11.6 Å². The Bertz CT molecular complexity index is 830. The molecule has 25 heavy (non-hydrogen) atoms. The molecule has 130 valence electrons. The van der Waals surface area contributed by atoms with E-state index in [2.05, 4.69) is 0 Å². The van der Waals surface area contributed by atoms with Crippen molar-refractivity contribution in [2.24, 2.45) is 0 Å². The third kappa shape index (κ3) is 3.16. The van der Waals surface area contributed by atoms with Gasteiger partial charge in [-0.25, -0.2) is 8.78 Å². The first kappa shape index (κ1) is 16.2. The van der Waals surface area contributed by atoms with Gasteiger partial charge in [-0.1, -0.05) is 12.1 Å². The molecule has 2 aromatic rings. The fourth-order valence-electron chi connectivity index (χ4n) is 2.95. The topological polar surface area (TPSA) is 38.8 Å². The lowest BCUT2D eigenvalue weighted by atomic mass is 10.1. The van der Waals surface area contributed by atoms with Gasteiger partial charge in [-0.15, -0.1) is 11.8 Å². The molecule has 1 unspecified atom stereocenters. The minimum absolute atomic E-state index is 0.0754. The van der Waals surface area contributed by atoms with E-state index in [1.165, 1.54) is 23.9 Å². The summed E-state index contributed by atoms with van der Waals surface area (Å²) in [7, 11) is 0. The maximum atomic E-state index is 14.0. The van der Waals surface area contributed by atoms with E-state index in [1.807, 2.05) is 18.2 Å². The van der Waals surface area contributed by atoms with Gasteiger partial charge >= 0.3 is 0 Å². The predicted molar refractivity (Wildman–Crippen MR) is 89.5 cm³/mol. The van der Waals surface area contributed by atoms with E-state index in [-0.39, 0.29) is 17.8 Å². The molecule has 1 fully saturated rings. The molecule has 2 heterocycles. The van der Waals surface area contributed by atoms with Gasteiger partial charge in [0, 0.05) is 18.2 Å². The number of rotatable bonds is 3. The van der Waals surface area contributed by atoms with Crippen LogP contribution < -0.4 is 9.47 Å². The van der Waals surface area contributed by atoms with Crippen LogP contribution >= 0.6 is 11.8 Å². The first-order chi connectivity index (χ1) is 12.1. The predicted octanol–water partition coefficient (Wildman–Crippen LogP) is 3.51. The van der Waals surface area contributed by atoms with Crippen LogP contribution in [0.4, 0.5) is 8.78 Å². The highest BCUT2D eigenvalue weighted by atomic mass is 32.2. The highest BCUT2D eigenvalue weighted by molar-refractivity contribution is 8.00. The maximum Gasteiger partial charge on any atom is 0.234 e. The van der Waals surface area contributed by atoms with Crippen molar-refractivity contribution in [3.05, 3.63) is 59.2 Å². The summed E-state index contributed by atoms with van der Waals surface area (Å²) in [5, 5.41) is -0.243. The molecule has 2 aliphatic rings. The van der Waals surface area contributed by atoms with Gasteiger partial charge < -0.3 is 14.4 Å². The van der Waals surface area contributed by atoms with Gasteiger partial charge in [-0.3, -0.25) is 4.79 Å². The van der Waals surface area contributed by atoms with Crippen molar-refractivity contribution in [2.45, 2.75) is 11.9 Å². The Balaban J connectivity index is 1.61. The summed E-state index contributed by atoms with van der Waals surface area (Å²) >= 11 is 1.47. The van der Waals surface area contributed by atoms with Crippen LogP contribution in [-0.2, 0) is 11.3 Å². The summed E-state index contributed by atoms with van der Waals surface area (Å²) in [5.41, 5.74) is 1.18. The average molecular weight is 363 g/mol. The van der Waals surface area contributed by atoms with Crippen molar-refractivity contribution >= 4 is 17.7 Å². The number of halogens is 2. The van der Waals surface area contributed by atoms with Gasteiger partial charge in [0.25, 0.3) is 0 Å². The van der Waals surface area contributed by atoms with Crippen molar-refractivity contribution in [1.29, 1.82) is 0 Å². The molecule has 2 aromatic carbocycles. The second-order valence-electron chi connectivity index (χ2n) is 5.82. The van der Waals surface area contributed by atoms with Crippen molar-refractivity contribution < 1.29 is 23.0 Å². The van der Waals surface area contributed by atoms with E-state index in [1.54, 1.807) is 4.90 Å². The number of nitrogens with zero attached hydrogens (tertiary/aromatic N) is 1. The molecule has 0 bridgehead atoms. The molecule has 0 radical (unpaired) electrons. The standard InChI is InChI=1S/C18H15F2NO3S/c19-13-3-1-12(14(20)8-13)9-21-17(22)10-25-18(21)11-2-4-15-16(7-11)24-6-5-23-15/h1-4,7-8,18H,5-6,9-10H2. The Hall–Kier alpha value is -2.28. The van der Waals surface area contributed by atoms with E-state index >= 15 is 0 Å². The van der Waals surface area contributed by atoms with E-state index in [4.69, 9.17) is 9.47 Å². The molecular weight excluding hydrogens is 348 g/mol. The number of fused-ring (bicyclic) bond motifs is 1. The summed E-state index contributed by atoms with van der Waals surface area (Å²) in [5.74, 6) is 0.296. The Morgan fingerprint density at radius 2 is 1.88 bits per heavy atom. The Kier molecular flexibility index (Phi) is 4.25. The van der Waals surface area contributed by atoms with Crippen molar-refractivity contribution in [3.63, 3.8) is 0 Å². The quantitative estimate of drug-likeness (QED) is 0.837. The smallest absolute Gasteiger partial charge is 0.234 e. The summed E-state index contributed by atoms with van der Waals surface area (Å²) in [6.07, 6.45) is 0. The van der Waals surface area contributed by atoms with Crippen LogP contribution in [0.15, 0.2) is 36.4 Å². The summed E-state index contributed by atoms with van der Waals surface area (Å²) in [6.45, 7) is 1.09. The lowest BCUT2D eigenvalue weighted by molar-refractivity contribution is -0.128. The van der Waals surface area contributed by atoms with Crippen LogP contribution in [0.5, 0.6) is 11.5 Å². The molecule has 4 rings (SSSR count). The Morgan fingerprint density at radius 1 is 1.08 bits per heavy atom. The van der Waals surface area contributed by atoms with Gasteiger partial charge in [-0.2, -0.15) is 0 Å². The minimum Gasteiger partial charge on any atom is -0.486 e. The first-order valence-electron chi connectivity index (χ1n) is 7.86. The monoisotopic (exact) mass is 363 g/mol. The molecule has 4 nitrogen and oxygen atoms in total. The highest BCUT2D eigenvalue weighted by Gasteiger charge is 2.34. The van der Waals surface area contributed by atoms with E-state index < -0.39 is 11.6 Å². The van der Waals surface area contributed by atoms with Crippen LogP contribution in [0.25, 0.3) is 0 Å². The van der Waals surface area contributed by atoms with Crippen molar-refractivity contribution in [3.8, 4) is 11.5 Å². The number of amides is 1. The summed E-state index contributed by atoms with van der Waals surface area (Å²) in [6, 6.07) is 8.98. The van der Waals surface area contributed by atoms with Gasteiger partial charge in [0.1, 0.15) is 30.2 Å². The average Bonchev–Trinajstić information content (AvgIpc) is 2.97. The summed E-state index contributed by atoms with van der Waals surface area (Å²) < 4.78 is 38.2. The van der Waals surface area contributed by atoms with Gasteiger partial charge in [-0.05, 0) is 23.8 Å². The molecule has 1 saturated heterocycles. The zero-order chi connectivity index (χ0) is 17.4. The molecule has 2 aliphatic heterocycles. The van der Waals surface area contributed by atoms with Crippen molar-refractivity contribution in [2.75, 3.05) is 19.0 Å². The van der Waals surface area contributed by atoms with Crippen LogP contribution in [0.3, 0.4) is 0 Å². The van der Waals surface area contributed by atoms with Gasteiger partial charge in [0.15, 0.2) is 11.5 Å². The Morgan fingerprint density at radius 3 is 2.68 bits per heavy atom. The normalized spacial score (nSPS) is 19.4. The lowest BCUT2D eigenvalue weighted by Crippen LogP contribution is -2.28. The fraction of sp³-hybridized carbons (Fsp3) is 0.278.